The molecule has 0 aromatic carbocycles. The van der Waals surface area contributed by atoms with E-state index in [2.05, 4.69) is 0 Å². The lowest BCUT2D eigenvalue weighted by molar-refractivity contribution is 0.0182. The van der Waals surface area contributed by atoms with Gasteiger partial charge in [-0.3, -0.25) is 4.57 Å². The first-order chi connectivity index (χ1) is 7.83. The average Bonchev–Trinajstić information content (AvgIpc) is 2.16. The van der Waals surface area contributed by atoms with Gasteiger partial charge in [0.25, 0.3) is 0 Å². The van der Waals surface area contributed by atoms with Crippen molar-refractivity contribution in [2.45, 2.75) is 59.4 Å². The van der Waals surface area contributed by atoms with Gasteiger partial charge in [-0.2, -0.15) is 0 Å². The van der Waals surface area contributed by atoms with E-state index in [0.717, 1.165) is 0 Å². The van der Waals surface area contributed by atoms with Gasteiger partial charge in [0, 0.05) is 0 Å². The molecule has 0 aliphatic rings. The average molecular weight is 268 g/mol. The summed E-state index contributed by atoms with van der Waals surface area (Å²) < 4.78 is 28.3. The molecule has 1 N–H and O–H groups in total. The Kier molecular flexibility index (Phi) is 8.25. The second-order valence-electron chi connectivity index (χ2n) is 4.43. The summed E-state index contributed by atoms with van der Waals surface area (Å²) in [6, 6.07) is 0. The molecule has 17 heavy (non-hydrogen) atoms. The third-order valence-electron chi connectivity index (χ3n) is 1.87. The Morgan fingerprint density at radius 1 is 1.12 bits per heavy atom. The van der Waals surface area contributed by atoms with Crippen LogP contribution in [-0.2, 0) is 18.3 Å². The fourth-order valence-corrected chi connectivity index (χ4v) is 3.07. The molecule has 0 heterocycles. The monoisotopic (exact) mass is 268 g/mol. The van der Waals surface area contributed by atoms with E-state index in [1.54, 1.807) is 27.7 Å². The van der Waals surface area contributed by atoms with Gasteiger partial charge in [-0.1, -0.05) is 6.92 Å². The minimum atomic E-state index is -3.25. The fraction of sp³-hybridized carbons (Fsp3) is 1.00. The highest BCUT2D eigenvalue weighted by Gasteiger charge is 2.29. The molecular formula is C11H25O5P. The SMILES string of the molecule is CC[C@@H](CO)OCP(=O)(OC(C)C)OC(C)C. The Morgan fingerprint density at radius 2 is 1.59 bits per heavy atom. The number of aliphatic hydroxyl groups excluding tert-OH is 1. The van der Waals surface area contributed by atoms with Gasteiger partial charge in [-0.25, -0.2) is 0 Å². The van der Waals surface area contributed by atoms with E-state index in [4.69, 9.17) is 18.9 Å². The van der Waals surface area contributed by atoms with Crippen LogP contribution in [0.3, 0.4) is 0 Å². The van der Waals surface area contributed by atoms with E-state index in [0.29, 0.717) is 6.42 Å². The van der Waals surface area contributed by atoms with Crippen LogP contribution in [0.1, 0.15) is 41.0 Å². The summed E-state index contributed by atoms with van der Waals surface area (Å²) in [5.41, 5.74) is 0. The van der Waals surface area contributed by atoms with Crippen LogP contribution >= 0.6 is 7.60 Å². The van der Waals surface area contributed by atoms with Crippen LogP contribution in [0.2, 0.25) is 0 Å². The molecule has 0 amide bonds. The summed E-state index contributed by atoms with van der Waals surface area (Å²) in [4.78, 5) is 0. The van der Waals surface area contributed by atoms with Gasteiger partial charge in [-0.05, 0) is 34.1 Å². The molecule has 0 aliphatic heterocycles. The normalized spacial score (nSPS) is 14.6. The van der Waals surface area contributed by atoms with Gasteiger partial charge in [0.1, 0.15) is 6.35 Å². The minimum Gasteiger partial charge on any atom is -0.394 e. The van der Waals surface area contributed by atoms with E-state index in [1.165, 1.54) is 0 Å². The fourth-order valence-electron chi connectivity index (χ4n) is 1.22. The van der Waals surface area contributed by atoms with Gasteiger partial charge in [0.15, 0.2) is 0 Å². The highest BCUT2D eigenvalue weighted by Crippen LogP contribution is 2.50. The largest absolute Gasteiger partial charge is 0.394 e. The summed E-state index contributed by atoms with van der Waals surface area (Å²) in [5.74, 6) is 0. The topological polar surface area (TPSA) is 65.0 Å². The van der Waals surface area contributed by atoms with Crippen molar-refractivity contribution >= 4 is 7.60 Å². The quantitative estimate of drug-likeness (QED) is 0.651. The Morgan fingerprint density at radius 3 is 1.88 bits per heavy atom. The lowest BCUT2D eigenvalue weighted by atomic mass is 10.3. The Bertz CT molecular complexity index is 224. The van der Waals surface area contributed by atoms with Crippen molar-refractivity contribution in [3.63, 3.8) is 0 Å². The molecule has 5 nitrogen and oxygen atoms in total. The zero-order valence-corrected chi connectivity index (χ0v) is 12.3. The van der Waals surface area contributed by atoms with Crippen LogP contribution in [0.4, 0.5) is 0 Å². The van der Waals surface area contributed by atoms with Crippen LogP contribution < -0.4 is 0 Å². The van der Waals surface area contributed by atoms with E-state index >= 15 is 0 Å². The van der Waals surface area contributed by atoms with Gasteiger partial charge < -0.3 is 18.9 Å². The molecular weight excluding hydrogens is 243 g/mol. The molecule has 1 atom stereocenters. The van der Waals surface area contributed by atoms with E-state index in [-0.39, 0.29) is 31.3 Å². The number of hydrogen-bond acceptors (Lipinski definition) is 5. The van der Waals surface area contributed by atoms with Crippen LogP contribution in [0.5, 0.6) is 0 Å². The van der Waals surface area contributed by atoms with Gasteiger partial charge in [0.05, 0.1) is 24.9 Å². The summed E-state index contributed by atoms with van der Waals surface area (Å²) in [5, 5.41) is 8.99. The first-order valence-corrected chi connectivity index (χ1v) is 7.74. The summed E-state index contributed by atoms with van der Waals surface area (Å²) in [6.07, 6.45) is -0.188. The van der Waals surface area contributed by atoms with E-state index < -0.39 is 7.60 Å². The number of ether oxygens (including phenoxy) is 1. The molecule has 0 aromatic heterocycles. The van der Waals surface area contributed by atoms with Crippen molar-refractivity contribution in [2.24, 2.45) is 0 Å². The lowest BCUT2D eigenvalue weighted by Gasteiger charge is -2.24. The molecule has 6 heteroatoms. The highest BCUT2D eigenvalue weighted by atomic mass is 31.2. The first-order valence-electron chi connectivity index (χ1n) is 6.01. The molecule has 0 fully saturated rings. The third kappa shape index (κ3) is 7.90. The predicted molar refractivity (Wildman–Crippen MR) is 67.2 cm³/mol. The standard InChI is InChI=1S/C11H25O5P/c1-6-11(7-12)14-8-17(13,15-9(2)3)16-10(4)5/h9-12H,6-8H2,1-5H3/t11-/m0/s1. The van der Waals surface area contributed by atoms with Crippen molar-refractivity contribution in [3.8, 4) is 0 Å². The molecule has 0 aliphatic carbocycles. The second-order valence-corrected chi connectivity index (χ2v) is 6.33. The predicted octanol–water partition coefficient (Wildman–Crippen LogP) is 2.77. The molecule has 0 spiro atoms. The Labute approximate surface area is 104 Å². The van der Waals surface area contributed by atoms with Gasteiger partial charge in [-0.15, -0.1) is 0 Å². The smallest absolute Gasteiger partial charge is 0.356 e. The zero-order valence-electron chi connectivity index (χ0n) is 11.4. The van der Waals surface area contributed by atoms with Crippen LogP contribution in [0.15, 0.2) is 0 Å². The minimum absolute atomic E-state index is 0.0974. The molecule has 0 bridgehead atoms. The molecule has 0 saturated carbocycles. The molecule has 0 rings (SSSR count). The van der Waals surface area contributed by atoms with Crippen molar-refractivity contribution in [2.75, 3.05) is 13.0 Å². The molecule has 0 aromatic rings. The summed E-state index contributed by atoms with van der Waals surface area (Å²) >= 11 is 0. The molecule has 0 saturated heterocycles. The summed E-state index contributed by atoms with van der Waals surface area (Å²) in [6.45, 7) is 8.96. The number of hydrogen-bond donors (Lipinski definition) is 1. The van der Waals surface area contributed by atoms with E-state index in [9.17, 15) is 4.57 Å². The van der Waals surface area contributed by atoms with Crippen molar-refractivity contribution in [1.29, 1.82) is 0 Å². The Hall–Kier alpha value is 0.0700. The highest BCUT2D eigenvalue weighted by molar-refractivity contribution is 7.53. The third-order valence-corrected chi connectivity index (χ3v) is 3.82. The molecule has 0 radical (unpaired) electrons. The molecule has 104 valence electrons. The van der Waals surface area contributed by atoms with Crippen LogP contribution in [-0.4, -0.2) is 36.4 Å². The Balaban J connectivity index is 4.42. The second kappa shape index (κ2) is 8.22. The van der Waals surface area contributed by atoms with Crippen molar-refractivity contribution < 1.29 is 23.5 Å². The molecule has 0 unspecified atom stereocenters. The van der Waals surface area contributed by atoms with Crippen molar-refractivity contribution in [1.82, 2.24) is 0 Å². The number of aliphatic hydroxyl groups is 1. The van der Waals surface area contributed by atoms with Gasteiger partial charge in [0.2, 0.25) is 0 Å². The van der Waals surface area contributed by atoms with E-state index in [1.807, 2.05) is 6.92 Å². The zero-order chi connectivity index (χ0) is 13.5. The van der Waals surface area contributed by atoms with Crippen LogP contribution in [0, 0.1) is 0 Å². The van der Waals surface area contributed by atoms with Crippen molar-refractivity contribution in [3.05, 3.63) is 0 Å². The summed E-state index contributed by atoms with van der Waals surface area (Å²) in [7, 11) is -3.25. The maximum atomic E-state index is 12.3. The number of rotatable bonds is 9. The maximum Gasteiger partial charge on any atom is 0.356 e. The maximum absolute atomic E-state index is 12.3. The van der Waals surface area contributed by atoms with Crippen LogP contribution in [0.25, 0.3) is 0 Å². The first kappa shape index (κ1) is 17.1. The van der Waals surface area contributed by atoms with Gasteiger partial charge >= 0.3 is 7.60 Å². The lowest BCUT2D eigenvalue weighted by Crippen LogP contribution is -2.19.